The summed E-state index contributed by atoms with van der Waals surface area (Å²) in [5.41, 5.74) is 3.72. The quantitative estimate of drug-likeness (QED) is 0.650. The number of pyridine rings is 1. The molecule has 0 atom stereocenters. The lowest BCUT2D eigenvalue weighted by molar-refractivity contribution is -0.137. The Bertz CT molecular complexity index is 731. The van der Waals surface area contributed by atoms with Gasteiger partial charge in [0.1, 0.15) is 5.82 Å². The first kappa shape index (κ1) is 15.5. The van der Waals surface area contributed by atoms with Gasteiger partial charge >= 0.3 is 6.18 Å². The molecule has 1 aliphatic heterocycles. The summed E-state index contributed by atoms with van der Waals surface area (Å²) < 4.78 is 38.5. The number of hydrogen-bond donors (Lipinski definition) is 2. The van der Waals surface area contributed by atoms with E-state index in [2.05, 4.69) is 20.4 Å². The number of aryl methyl sites for hydroxylation is 1. The molecule has 1 aliphatic rings. The van der Waals surface area contributed by atoms with Crippen molar-refractivity contribution in [3.05, 3.63) is 40.8 Å². The number of aromatic nitrogens is 3. The number of nitrogens with two attached hydrogens (primary N) is 1. The fourth-order valence-electron chi connectivity index (χ4n) is 2.58. The average molecular weight is 324 g/mol. The van der Waals surface area contributed by atoms with E-state index in [1.807, 2.05) is 11.8 Å². The van der Waals surface area contributed by atoms with Gasteiger partial charge in [-0.15, -0.1) is 0 Å². The van der Waals surface area contributed by atoms with Gasteiger partial charge in [0.2, 0.25) is 5.95 Å². The monoisotopic (exact) mass is 324 g/mol. The molecule has 0 unspecified atom stereocenters. The SMILES string of the molecule is Cc1cnc(NN)nc1N1CCc2ncc(C(F)(F)F)cc2C1. The summed E-state index contributed by atoms with van der Waals surface area (Å²) in [6.45, 7) is 2.77. The van der Waals surface area contributed by atoms with Crippen molar-refractivity contribution in [2.75, 3.05) is 16.9 Å². The normalized spacial score (nSPS) is 14.6. The molecule has 0 saturated heterocycles. The lowest BCUT2D eigenvalue weighted by Gasteiger charge is -2.30. The standard InChI is InChI=1S/C14H15F3N6/c1-8-5-20-13(22-18)21-12(8)23-3-2-11-9(7-23)4-10(6-19-11)14(15,16)17/h4-6H,2-3,7,18H2,1H3,(H,20,21,22). The van der Waals surface area contributed by atoms with Gasteiger partial charge in [-0.3, -0.25) is 10.4 Å². The van der Waals surface area contributed by atoms with Gasteiger partial charge in [-0.2, -0.15) is 18.2 Å². The van der Waals surface area contributed by atoms with E-state index in [1.165, 1.54) is 0 Å². The van der Waals surface area contributed by atoms with Gasteiger partial charge in [-0.1, -0.05) is 0 Å². The maximum atomic E-state index is 12.8. The molecule has 6 nitrogen and oxygen atoms in total. The van der Waals surface area contributed by atoms with E-state index in [0.29, 0.717) is 36.6 Å². The molecule has 0 spiro atoms. The van der Waals surface area contributed by atoms with Crippen molar-refractivity contribution in [3.63, 3.8) is 0 Å². The third-order valence-electron chi connectivity index (χ3n) is 3.74. The van der Waals surface area contributed by atoms with Crippen LogP contribution >= 0.6 is 0 Å². The van der Waals surface area contributed by atoms with Crippen LogP contribution in [0.25, 0.3) is 0 Å². The first-order valence-corrected chi connectivity index (χ1v) is 6.98. The van der Waals surface area contributed by atoms with E-state index in [4.69, 9.17) is 5.84 Å². The molecule has 23 heavy (non-hydrogen) atoms. The second-order valence-corrected chi connectivity index (χ2v) is 5.34. The number of halogens is 3. The van der Waals surface area contributed by atoms with Gasteiger partial charge in [0.15, 0.2) is 0 Å². The van der Waals surface area contributed by atoms with Crippen LogP contribution in [0.15, 0.2) is 18.5 Å². The number of alkyl halides is 3. The van der Waals surface area contributed by atoms with Crippen molar-refractivity contribution in [2.24, 2.45) is 5.84 Å². The van der Waals surface area contributed by atoms with Crippen LogP contribution in [0.4, 0.5) is 24.9 Å². The summed E-state index contributed by atoms with van der Waals surface area (Å²) in [6, 6.07) is 1.16. The highest BCUT2D eigenvalue weighted by Gasteiger charge is 2.32. The van der Waals surface area contributed by atoms with Crippen LogP contribution in [0.5, 0.6) is 0 Å². The van der Waals surface area contributed by atoms with Gasteiger partial charge in [-0.25, -0.2) is 10.8 Å². The molecular weight excluding hydrogens is 309 g/mol. The Kier molecular flexibility index (Phi) is 3.80. The molecule has 0 fully saturated rings. The Hall–Kier alpha value is -2.42. The van der Waals surface area contributed by atoms with E-state index < -0.39 is 11.7 Å². The summed E-state index contributed by atoms with van der Waals surface area (Å²) in [5, 5.41) is 0. The fourth-order valence-corrected chi connectivity index (χ4v) is 2.58. The summed E-state index contributed by atoms with van der Waals surface area (Å²) in [6.07, 6.45) is -1.33. The van der Waals surface area contributed by atoms with E-state index >= 15 is 0 Å². The predicted octanol–water partition coefficient (Wildman–Crippen LogP) is 2.05. The molecule has 3 heterocycles. The Morgan fingerprint density at radius 1 is 1.26 bits per heavy atom. The number of nitrogens with zero attached hydrogens (tertiary/aromatic N) is 4. The van der Waals surface area contributed by atoms with Crippen LogP contribution in [0.2, 0.25) is 0 Å². The third-order valence-corrected chi connectivity index (χ3v) is 3.74. The largest absolute Gasteiger partial charge is 0.417 e. The minimum Gasteiger partial charge on any atom is -0.351 e. The van der Waals surface area contributed by atoms with Crippen molar-refractivity contribution in [2.45, 2.75) is 26.1 Å². The Morgan fingerprint density at radius 2 is 2.04 bits per heavy atom. The number of rotatable bonds is 2. The van der Waals surface area contributed by atoms with Crippen LogP contribution in [0.1, 0.15) is 22.4 Å². The molecule has 3 N–H and O–H groups in total. The molecule has 122 valence electrons. The minimum atomic E-state index is -4.40. The van der Waals surface area contributed by atoms with Gasteiger partial charge in [-0.05, 0) is 18.6 Å². The molecule has 0 radical (unpaired) electrons. The average Bonchev–Trinajstić information content (AvgIpc) is 2.53. The second kappa shape index (κ2) is 5.65. The summed E-state index contributed by atoms with van der Waals surface area (Å²) >= 11 is 0. The van der Waals surface area contributed by atoms with E-state index in [1.54, 1.807) is 6.20 Å². The van der Waals surface area contributed by atoms with E-state index in [-0.39, 0.29) is 5.95 Å². The minimum absolute atomic E-state index is 0.263. The number of anilines is 2. The van der Waals surface area contributed by atoms with Crippen molar-refractivity contribution < 1.29 is 13.2 Å². The Labute approximate surface area is 130 Å². The van der Waals surface area contributed by atoms with Gasteiger partial charge in [0.05, 0.1) is 5.56 Å². The van der Waals surface area contributed by atoms with E-state index in [0.717, 1.165) is 17.8 Å². The van der Waals surface area contributed by atoms with Crippen LogP contribution in [-0.4, -0.2) is 21.5 Å². The molecule has 0 saturated carbocycles. The zero-order chi connectivity index (χ0) is 16.6. The highest BCUT2D eigenvalue weighted by atomic mass is 19.4. The van der Waals surface area contributed by atoms with Crippen molar-refractivity contribution in [1.29, 1.82) is 0 Å². The fraction of sp³-hybridized carbons (Fsp3) is 0.357. The smallest absolute Gasteiger partial charge is 0.351 e. The molecular formula is C14H15F3N6. The van der Waals surface area contributed by atoms with Crippen molar-refractivity contribution in [3.8, 4) is 0 Å². The summed E-state index contributed by atoms with van der Waals surface area (Å²) in [4.78, 5) is 14.2. The maximum Gasteiger partial charge on any atom is 0.417 e. The first-order valence-electron chi connectivity index (χ1n) is 6.98. The number of nitrogen functional groups attached to an aromatic ring is 1. The molecule has 0 bridgehead atoms. The number of hydrazine groups is 1. The molecule has 2 aromatic heterocycles. The molecule has 0 amide bonds. The Morgan fingerprint density at radius 3 is 2.74 bits per heavy atom. The van der Waals surface area contributed by atoms with Crippen molar-refractivity contribution >= 4 is 11.8 Å². The predicted molar refractivity (Wildman–Crippen MR) is 78.6 cm³/mol. The van der Waals surface area contributed by atoms with Crippen LogP contribution in [0.3, 0.4) is 0 Å². The first-order chi connectivity index (χ1) is 10.9. The van der Waals surface area contributed by atoms with Gasteiger partial charge in [0.25, 0.3) is 0 Å². The molecule has 2 aromatic rings. The summed E-state index contributed by atoms with van der Waals surface area (Å²) in [7, 11) is 0. The number of fused-ring (bicyclic) bond motifs is 1. The highest BCUT2D eigenvalue weighted by Crippen LogP contribution is 2.32. The molecule has 9 heteroatoms. The van der Waals surface area contributed by atoms with Crippen molar-refractivity contribution in [1.82, 2.24) is 15.0 Å². The molecule has 3 rings (SSSR count). The number of hydrogen-bond acceptors (Lipinski definition) is 6. The van der Waals surface area contributed by atoms with Crippen LogP contribution in [0, 0.1) is 6.92 Å². The zero-order valence-corrected chi connectivity index (χ0v) is 12.4. The lowest BCUT2D eigenvalue weighted by atomic mass is 10.0. The molecule has 0 aliphatic carbocycles. The van der Waals surface area contributed by atoms with Gasteiger partial charge in [0, 0.05) is 43.2 Å². The van der Waals surface area contributed by atoms with Crippen LogP contribution < -0.4 is 16.2 Å². The van der Waals surface area contributed by atoms with Gasteiger partial charge < -0.3 is 4.90 Å². The molecule has 0 aromatic carbocycles. The summed E-state index contributed by atoms with van der Waals surface area (Å²) in [5.74, 6) is 6.23. The van der Waals surface area contributed by atoms with Crippen LogP contribution in [-0.2, 0) is 19.1 Å². The van der Waals surface area contributed by atoms with E-state index in [9.17, 15) is 13.2 Å². The maximum absolute atomic E-state index is 12.8. The number of nitrogens with one attached hydrogen (secondary N) is 1. The Balaban J connectivity index is 1.93. The third kappa shape index (κ3) is 3.04. The lowest BCUT2D eigenvalue weighted by Crippen LogP contribution is -2.33. The highest BCUT2D eigenvalue weighted by molar-refractivity contribution is 5.51. The topological polar surface area (TPSA) is 80.0 Å². The second-order valence-electron chi connectivity index (χ2n) is 5.34. The zero-order valence-electron chi connectivity index (χ0n) is 12.4.